The zero-order valence-electron chi connectivity index (χ0n) is 16.8. The molecule has 0 radical (unpaired) electrons. The summed E-state index contributed by atoms with van der Waals surface area (Å²) in [4.78, 5) is 21.8. The monoisotopic (exact) mass is 414 g/mol. The predicted octanol–water partition coefficient (Wildman–Crippen LogP) is 2.09. The SMILES string of the molecule is COc1ccc(N2CCN(CCCNc3nn4c(=O)cc(C)nc4s3)CC2)cc1. The minimum Gasteiger partial charge on any atom is -0.497 e. The van der Waals surface area contributed by atoms with E-state index < -0.39 is 0 Å². The van der Waals surface area contributed by atoms with Crippen LogP contribution in [0.4, 0.5) is 10.8 Å². The molecular weight excluding hydrogens is 388 g/mol. The Kier molecular flexibility index (Phi) is 5.96. The number of nitrogens with zero attached hydrogens (tertiary/aromatic N) is 5. The van der Waals surface area contributed by atoms with Crippen molar-refractivity contribution < 1.29 is 4.74 Å². The highest BCUT2D eigenvalue weighted by Crippen LogP contribution is 2.20. The number of fused-ring (bicyclic) bond motifs is 1. The summed E-state index contributed by atoms with van der Waals surface area (Å²) in [6.07, 6.45) is 1.03. The van der Waals surface area contributed by atoms with Gasteiger partial charge in [-0.1, -0.05) is 11.3 Å². The van der Waals surface area contributed by atoms with E-state index in [1.54, 1.807) is 7.11 Å². The summed E-state index contributed by atoms with van der Waals surface area (Å²) >= 11 is 1.41. The topological polar surface area (TPSA) is 75.0 Å². The van der Waals surface area contributed by atoms with Gasteiger partial charge in [0.25, 0.3) is 5.56 Å². The third-order valence-electron chi connectivity index (χ3n) is 5.11. The molecule has 2 aromatic heterocycles. The molecule has 4 rings (SSSR count). The van der Waals surface area contributed by atoms with Crippen LogP contribution < -0.4 is 20.5 Å². The molecule has 0 unspecified atom stereocenters. The van der Waals surface area contributed by atoms with Gasteiger partial charge < -0.3 is 15.0 Å². The largest absolute Gasteiger partial charge is 0.497 e. The second-order valence-electron chi connectivity index (χ2n) is 7.14. The highest BCUT2D eigenvalue weighted by atomic mass is 32.1. The van der Waals surface area contributed by atoms with Gasteiger partial charge in [0.15, 0.2) is 0 Å². The Bertz CT molecular complexity index is 1010. The third-order valence-corrected chi connectivity index (χ3v) is 5.98. The Morgan fingerprint density at radius 2 is 1.93 bits per heavy atom. The molecule has 9 heteroatoms. The Balaban J connectivity index is 1.21. The fourth-order valence-electron chi connectivity index (χ4n) is 3.51. The molecule has 1 aliphatic heterocycles. The molecule has 154 valence electrons. The van der Waals surface area contributed by atoms with Crippen molar-refractivity contribution in [2.45, 2.75) is 13.3 Å². The van der Waals surface area contributed by atoms with Crippen molar-refractivity contribution in [3.05, 3.63) is 46.4 Å². The van der Waals surface area contributed by atoms with Crippen LogP contribution in [0.2, 0.25) is 0 Å². The van der Waals surface area contributed by atoms with Crippen molar-refractivity contribution in [3.63, 3.8) is 0 Å². The Labute approximate surface area is 173 Å². The van der Waals surface area contributed by atoms with E-state index in [1.807, 2.05) is 19.1 Å². The zero-order valence-corrected chi connectivity index (χ0v) is 17.6. The standard InChI is InChI=1S/C20H26N6O2S/c1-15-14-18(27)26-20(22-15)29-19(23-26)21-8-3-9-24-10-12-25(13-11-24)16-4-6-17(28-2)7-5-16/h4-7,14H,3,8-13H2,1-2H3,(H,21,23). The minimum absolute atomic E-state index is 0.133. The quantitative estimate of drug-likeness (QED) is 0.594. The minimum atomic E-state index is -0.133. The van der Waals surface area contributed by atoms with Gasteiger partial charge in [-0.15, -0.1) is 5.10 Å². The van der Waals surface area contributed by atoms with E-state index in [2.05, 4.69) is 37.3 Å². The van der Waals surface area contributed by atoms with Crippen LogP contribution in [-0.4, -0.2) is 65.9 Å². The second kappa shape index (κ2) is 8.79. The summed E-state index contributed by atoms with van der Waals surface area (Å²) in [6, 6.07) is 9.78. The molecular formula is C20H26N6O2S. The van der Waals surface area contributed by atoms with Gasteiger partial charge in [0.2, 0.25) is 10.1 Å². The van der Waals surface area contributed by atoms with E-state index in [4.69, 9.17) is 4.74 Å². The summed E-state index contributed by atoms with van der Waals surface area (Å²) in [5.74, 6) is 0.892. The normalized spacial score (nSPS) is 15.0. The van der Waals surface area contributed by atoms with Gasteiger partial charge in [0, 0.05) is 50.2 Å². The van der Waals surface area contributed by atoms with E-state index in [0.29, 0.717) is 4.96 Å². The Morgan fingerprint density at radius 1 is 1.17 bits per heavy atom. The lowest BCUT2D eigenvalue weighted by Gasteiger charge is -2.36. The number of ether oxygens (including phenoxy) is 1. The molecule has 3 heterocycles. The summed E-state index contributed by atoms with van der Waals surface area (Å²) in [6.45, 7) is 7.88. The van der Waals surface area contributed by atoms with Crippen molar-refractivity contribution in [1.82, 2.24) is 19.5 Å². The van der Waals surface area contributed by atoms with E-state index in [9.17, 15) is 4.79 Å². The molecule has 1 aromatic carbocycles. The molecule has 29 heavy (non-hydrogen) atoms. The van der Waals surface area contributed by atoms with Crippen LogP contribution in [0, 0.1) is 6.92 Å². The maximum Gasteiger partial charge on any atom is 0.275 e. The molecule has 1 aliphatic rings. The summed E-state index contributed by atoms with van der Waals surface area (Å²) < 4.78 is 6.59. The Morgan fingerprint density at radius 3 is 2.66 bits per heavy atom. The smallest absolute Gasteiger partial charge is 0.275 e. The van der Waals surface area contributed by atoms with Crippen LogP contribution in [0.5, 0.6) is 5.75 Å². The lowest BCUT2D eigenvalue weighted by atomic mass is 10.2. The van der Waals surface area contributed by atoms with Crippen molar-refractivity contribution >= 4 is 27.1 Å². The molecule has 0 atom stereocenters. The van der Waals surface area contributed by atoms with Gasteiger partial charge >= 0.3 is 0 Å². The summed E-state index contributed by atoms with van der Waals surface area (Å²) in [7, 11) is 1.69. The first-order chi connectivity index (χ1) is 14.1. The average molecular weight is 415 g/mol. The van der Waals surface area contributed by atoms with Crippen LogP contribution in [0.25, 0.3) is 4.96 Å². The zero-order chi connectivity index (χ0) is 20.2. The first-order valence-corrected chi connectivity index (χ1v) is 10.7. The predicted molar refractivity (Wildman–Crippen MR) is 117 cm³/mol. The van der Waals surface area contributed by atoms with E-state index in [0.717, 1.165) is 62.3 Å². The number of hydrogen-bond donors (Lipinski definition) is 1. The number of rotatable bonds is 7. The van der Waals surface area contributed by atoms with Crippen molar-refractivity contribution in [1.29, 1.82) is 0 Å². The lowest BCUT2D eigenvalue weighted by molar-refractivity contribution is 0.257. The maximum absolute atomic E-state index is 11.9. The van der Waals surface area contributed by atoms with Gasteiger partial charge in [-0.2, -0.15) is 4.52 Å². The van der Waals surface area contributed by atoms with Gasteiger partial charge in [0.1, 0.15) is 5.75 Å². The second-order valence-corrected chi connectivity index (χ2v) is 8.10. The van der Waals surface area contributed by atoms with Gasteiger partial charge in [0.05, 0.1) is 7.11 Å². The fourth-order valence-corrected chi connectivity index (χ4v) is 4.39. The highest BCUT2D eigenvalue weighted by molar-refractivity contribution is 7.20. The van der Waals surface area contributed by atoms with Crippen molar-refractivity contribution in [2.24, 2.45) is 0 Å². The first-order valence-electron chi connectivity index (χ1n) is 9.85. The van der Waals surface area contributed by atoms with Gasteiger partial charge in [-0.05, 0) is 44.2 Å². The van der Waals surface area contributed by atoms with Crippen LogP contribution in [0.1, 0.15) is 12.1 Å². The molecule has 0 spiro atoms. The molecule has 0 bridgehead atoms. The van der Waals surface area contributed by atoms with Crippen molar-refractivity contribution in [3.8, 4) is 5.75 Å². The number of nitrogens with one attached hydrogen (secondary N) is 1. The fraction of sp³-hybridized carbons (Fsp3) is 0.450. The third kappa shape index (κ3) is 4.68. The number of anilines is 2. The van der Waals surface area contributed by atoms with Gasteiger partial charge in [-0.25, -0.2) is 4.98 Å². The number of benzene rings is 1. The molecule has 1 N–H and O–H groups in total. The highest BCUT2D eigenvalue weighted by Gasteiger charge is 2.17. The van der Waals surface area contributed by atoms with Crippen LogP contribution in [0.3, 0.4) is 0 Å². The van der Waals surface area contributed by atoms with Gasteiger partial charge in [-0.3, -0.25) is 9.69 Å². The number of hydrogen-bond acceptors (Lipinski definition) is 8. The molecule has 1 fully saturated rings. The van der Waals surface area contributed by atoms with E-state index >= 15 is 0 Å². The number of methoxy groups -OCH3 is 1. The molecule has 0 saturated carbocycles. The molecule has 0 amide bonds. The van der Waals surface area contributed by atoms with Crippen LogP contribution >= 0.6 is 11.3 Å². The number of aromatic nitrogens is 3. The van der Waals surface area contributed by atoms with Crippen LogP contribution in [0.15, 0.2) is 35.1 Å². The van der Waals surface area contributed by atoms with E-state index in [1.165, 1.54) is 27.6 Å². The number of aryl methyl sites for hydroxylation is 1. The summed E-state index contributed by atoms with van der Waals surface area (Å²) in [5, 5.41) is 8.38. The summed E-state index contributed by atoms with van der Waals surface area (Å²) in [5.41, 5.74) is 1.84. The number of piperazine rings is 1. The van der Waals surface area contributed by atoms with Crippen LogP contribution in [-0.2, 0) is 0 Å². The first kappa shape index (κ1) is 19.7. The molecule has 3 aromatic rings. The molecule has 8 nitrogen and oxygen atoms in total. The molecule has 1 saturated heterocycles. The molecule has 0 aliphatic carbocycles. The average Bonchev–Trinajstić information content (AvgIpc) is 3.15. The van der Waals surface area contributed by atoms with Crippen molar-refractivity contribution in [2.75, 3.05) is 56.6 Å². The Hall–Kier alpha value is -2.65. The lowest BCUT2D eigenvalue weighted by Crippen LogP contribution is -2.46. The maximum atomic E-state index is 11.9. The van der Waals surface area contributed by atoms with E-state index in [-0.39, 0.29) is 5.56 Å².